The lowest BCUT2D eigenvalue weighted by Crippen LogP contribution is -2.05. The summed E-state index contributed by atoms with van der Waals surface area (Å²) in [7, 11) is 3.17. The van der Waals surface area contributed by atoms with Gasteiger partial charge in [-0.05, 0) is 24.3 Å². The molecule has 0 radical (unpaired) electrons. The van der Waals surface area contributed by atoms with Gasteiger partial charge < -0.3 is 9.47 Å². The number of ether oxygens (including phenoxy) is 2. The second kappa shape index (κ2) is 6.60. The largest absolute Gasteiger partial charge is 0.493 e. The van der Waals surface area contributed by atoms with Crippen molar-refractivity contribution < 1.29 is 9.47 Å². The van der Waals surface area contributed by atoms with Crippen LogP contribution in [-0.4, -0.2) is 24.2 Å². The molecule has 0 saturated carbocycles. The van der Waals surface area contributed by atoms with Crippen LogP contribution in [-0.2, 0) is 0 Å². The van der Waals surface area contributed by atoms with E-state index >= 15 is 0 Å². The van der Waals surface area contributed by atoms with E-state index in [1.807, 2.05) is 30.3 Å². The van der Waals surface area contributed by atoms with Gasteiger partial charge in [0.15, 0.2) is 17.3 Å². The van der Waals surface area contributed by atoms with Gasteiger partial charge in [-0.2, -0.15) is 0 Å². The van der Waals surface area contributed by atoms with Crippen molar-refractivity contribution in [2.75, 3.05) is 18.6 Å². The number of aromatic nitrogens is 2. The molecule has 3 aromatic rings. The van der Waals surface area contributed by atoms with E-state index in [1.165, 1.54) is 10.7 Å². The third-order valence-electron chi connectivity index (χ3n) is 3.34. The zero-order chi connectivity index (χ0) is 16.4. The highest BCUT2D eigenvalue weighted by Crippen LogP contribution is 2.37. The number of hydrogen-bond acceptors (Lipinski definition) is 5. The first-order chi connectivity index (χ1) is 11.1. The Balaban J connectivity index is 2.17. The second-order valence-electron chi connectivity index (χ2n) is 4.68. The van der Waals surface area contributed by atoms with Crippen molar-refractivity contribution in [2.24, 2.45) is 0 Å². The average molecular weight is 395 g/mol. The molecule has 23 heavy (non-hydrogen) atoms. The van der Waals surface area contributed by atoms with Crippen LogP contribution >= 0.6 is 27.7 Å². The molecule has 118 valence electrons. The van der Waals surface area contributed by atoms with Gasteiger partial charge in [0.2, 0.25) is 0 Å². The third kappa shape index (κ3) is 3.04. The molecule has 7 heteroatoms. The van der Waals surface area contributed by atoms with Crippen LogP contribution in [0.4, 0.5) is 11.5 Å². The van der Waals surface area contributed by atoms with Crippen LogP contribution in [0, 0.1) is 0 Å². The number of anilines is 2. The molecule has 0 fully saturated rings. The fourth-order valence-electron chi connectivity index (χ4n) is 2.25. The average Bonchev–Trinajstić information content (AvgIpc) is 2.59. The molecule has 0 N–H and O–H groups in total. The lowest BCUT2D eigenvalue weighted by Gasteiger charge is -2.17. The summed E-state index contributed by atoms with van der Waals surface area (Å²) in [6.45, 7) is 0. The number of halogens is 2. The van der Waals surface area contributed by atoms with E-state index < -0.39 is 0 Å². The van der Waals surface area contributed by atoms with Gasteiger partial charge in [0.05, 0.1) is 25.4 Å². The Bertz CT molecular complexity index is 860. The number of benzene rings is 2. The molecule has 0 saturated heterocycles. The number of nitrogens with zero attached hydrogens (tertiary/aromatic N) is 3. The summed E-state index contributed by atoms with van der Waals surface area (Å²) in [5.74, 6) is 1.76. The summed E-state index contributed by atoms with van der Waals surface area (Å²) in [5, 5.41) is 0.764. The van der Waals surface area contributed by atoms with Crippen molar-refractivity contribution >= 4 is 50.1 Å². The molecule has 3 rings (SSSR count). The van der Waals surface area contributed by atoms with E-state index in [2.05, 4.69) is 25.9 Å². The molecular formula is C16H13BrClN3O2. The minimum Gasteiger partial charge on any atom is -0.493 e. The number of fused-ring (bicyclic) bond motifs is 1. The van der Waals surface area contributed by atoms with Gasteiger partial charge in [-0.3, -0.25) is 0 Å². The maximum atomic E-state index is 6.50. The fraction of sp³-hybridized carbons (Fsp3) is 0.125. The number of rotatable bonds is 4. The lowest BCUT2D eigenvalue weighted by atomic mass is 10.2. The topological polar surface area (TPSA) is 47.5 Å². The molecule has 0 amide bonds. The number of methoxy groups -OCH3 is 2. The molecule has 1 heterocycles. The third-order valence-corrected chi connectivity index (χ3v) is 4.19. The van der Waals surface area contributed by atoms with E-state index in [9.17, 15) is 0 Å². The summed E-state index contributed by atoms with van der Waals surface area (Å²) < 4.78 is 13.1. The van der Waals surface area contributed by atoms with E-state index in [1.54, 1.807) is 20.3 Å². The van der Waals surface area contributed by atoms with Crippen molar-refractivity contribution in [3.8, 4) is 11.5 Å². The molecule has 0 aliphatic carbocycles. The van der Waals surface area contributed by atoms with Gasteiger partial charge >= 0.3 is 0 Å². The zero-order valence-electron chi connectivity index (χ0n) is 12.5. The molecule has 2 aromatic carbocycles. The van der Waals surface area contributed by atoms with E-state index in [-0.39, 0.29) is 0 Å². The maximum Gasteiger partial charge on any atom is 0.162 e. The minimum atomic E-state index is 0.565. The summed E-state index contributed by atoms with van der Waals surface area (Å²) >= 11 is 9.94. The fourth-order valence-corrected chi connectivity index (χ4v) is 2.87. The van der Waals surface area contributed by atoms with Crippen molar-refractivity contribution in [3.05, 3.63) is 47.2 Å². The molecule has 0 spiro atoms. The van der Waals surface area contributed by atoms with E-state index in [0.717, 1.165) is 15.5 Å². The van der Waals surface area contributed by atoms with Crippen LogP contribution in [0.2, 0.25) is 0 Å². The molecular weight excluding hydrogens is 382 g/mol. The van der Waals surface area contributed by atoms with Gasteiger partial charge in [0.1, 0.15) is 6.33 Å². The molecule has 0 aliphatic rings. The SMILES string of the molecule is COc1cc2ncnc(N(Cl)c3cccc(Br)c3)c2cc1OC. The van der Waals surface area contributed by atoms with Crippen molar-refractivity contribution in [2.45, 2.75) is 0 Å². The van der Waals surface area contributed by atoms with Crippen molar-refractivity contribution in [3.63, 3.8) is 0 Å². The van der Waals surface area contributed by atoms with Crippen LogP contribution in [0.3, 0.4) is 0 Å². The molecule has 0 aliphatic heterocycles. The first-order valence-corrected chi connectivity index (χ1v) is 7.85. The Kier molecular flexibility index (Phi) is 4.54. The highest BCUT2D eigenvalue weighted by atomic mass is 79.9. The highest BCUT2D eigenvalue weighted by Gasteiger charge is 2.16. The molecule has 0 bridgehead atoms. The van der Waals surface area contributed by atoms with Crippen LogP contribution < -0.4 is 13.9 Å². The molecule has 0 atom stereocenters. The van der Waals surface area contributed by atoms with Crippen LogP contribution in [0.5, 0.6) is 11.5 Å². The Morgan fingerprint density at radius 1 is 1.04 bits per heavy atom. The number of hydrogen-bond donors (Lipinski definition) is 0. The Hall–Kier alpha value is -2.05. The van der Waals surface area contributed by atoms with Crippen molar-refractivity contribution in [1.29, 1.82) is 0 Å². The van der Waals surface area contributed by atoms with Crippen LogP contribution in [0.25, 0.3) is 10.9 Å². The summed E-state index contributed by atoms with van der Waals surface area (Å²) in [6.07, 6.45) is 1.47. The van der Waals surface area contributed by atoms with Crippen molar-refractivity contribution in [1.82, 2.24) is 9.97 Å². The Labute approximate surface area is 147 Å². The summed E-state index contributed by atoms with van der Waals surface area (Å²) in [6, 6.07) is 11.2. The van der Waals surface area contributed by atoms with Gasteiger partial charge in [0.25, 0.3) is 0 Å². The second-order valence-corrected chi connectivity index (χ2v) is 5.94. The standard InChI is InChI=1S/C16H13BrClN3O2/c1-22-14-7-12-13(8-15(14)23-2)19-9-20-16(12)21(18)11-5-3-4-10(17)6-11/h3-9H,1-2H3. The van der Waals surface area contributed by atoms with Gasteiger partial charge in [-0.1, -0.05) is 22.0 Å². The van der Waals surface area contributed by atoms with Crippen LogP contribution in [0.1, 0.15) is 0 Å². The van der Waals surface area contributed by atoms with Gasteiger partial charge in [0, 0.05) is 27.7 Å². The first kappa shape index (κ1) is 15.8. The predicted octanol–water partition coefficient (Wildman–Crippen LogP) is 4.70. The highest BCUT2D eigenvalue weighted by molar-refractivity contribution is 9.10. The summed E-state index contributed by atoms with van der Waals surface area (Å²) in [4.78, 5) is 8.59. The Morgan fingerprint density at radius 3 is 2.48 bits per heavy atom. The predicted molar refractivity (Wildman–Crippen MR) is 94.8 cm³/mol. The smallest absolute Gasteiger partial charge is 0.162 e. The molecule has 5 nitrogen and oxygen atoms in total. The normalized spacial score (nSPS) is 10.6. The Morgan fingerprint density at radius 2 is 1.78 bits per heavy atom. The molecule has 1 aromatic heterocycles. The lowest BCUT2D eigenvalue weighted by molar-refractivity contribution is 0.356. The van der Waals surface area contributed by atoms with Gasteiger partial charge in [-0.15, -0.1) is 0 Å². The van der Waals surface area contributed by atoms with Crippen LogP contribution in [0.15, 0.2) is 47.2 Å². The maximum absolute atomic E-state index is 6.50. The van der Waals surface area contributed by atoms with E-state index in [4.69, 9.17) is 21.3 Å². The quantitative estimate of drug-likeness (QED) is 0.600. The zero-order valence-corrected chi connectivity index (χ0v) is 14.8. The minimum absolute atomic E-state index is 0.565. The molecule has 0 unspecified atom stereocenters. The van der Waals surface area contributed by atoms with Gasteiger partial charge in [-0.25, -0.2) is 14.4 Å². The summed E-state index contributed by atoms with van der Waals surface area (Å²) in [5.41, 5.74) is 1.50. The monoisotopic (exact) mass is 393 g/mol. The van der Waals surface area contributed by atoms with E-state index in [0.29, 0.717) is 22.8 Å². The first-order valence-electron chi connectivity index (χ1n) is 6.72.